The second-order valence-electron chi connectivity index (χ2n) is 7.66. The first-order valence-electron chi connectivity index (χ1n) is 10.5. The van der Waals surface area contributed by atoms with E-state index in [-0.39, 0.29) is 30.8 Å². The van der Waals surface area contributed by atoms with Crippen LogP contribution in [0.2, 0.25) is 0 Å². The fraction of sp³-hybridized carbons (Fsp3) is 0.111. The molecule has 0 spiro atoms. The summed E-state index contributed by atoms with van der Waals surface area (Å²) >= 11 is 0. The molecule has 2 N–H and O–H groups in total. The van der Waals surface area contributed by atoms with E-state index in [0.717, 1.165) is 21.9 Å². The molecule has 4 rings (SSSR count). The van der Waals surface area contributed by atoms with Crippen LogP contribution in [-0.4, -0.2) is 18.4 Å². The monoisotopic (exact) mass is 442 g/mol. The highest BCUT2D eigenvalue weighted by atomic mass is 19.1. The number of halogens is 1. The third-order valence-corrected chi connectivity index (χ3v) is 5.25. The average molecular weight is 442 g/mol. The van der Waals surface area contributed by atoms with Crippen molar-refractivity contribution in [1.82, 2.24) is 5.32 Å². The fourth-order valence-corrected chi connectivity index (χ4v) is 3.42. The number of carbonyl (C=O) groups excluding carboxylic acids is 2. The Bertz CT molecular complexity index is 1300. The number of benzene rings is 4. The molecule has 4 aromatic carbocycles. The van der Waals surface area contributed by atoms with Gasteiger partial charge in [0.2, 0.25) is 0 Å². The second-order valence-corrected chi connectivity index (χ2v) is 7.66. The summed E-state index contributed by atoms with van der Waals surface area (Å²) in [6, 6.07) is 24.5. The summed E-state index contributed by atoms with van der Waals surface area (Å²) < 4.78 is 18.8. The number of fused-ring (bicyclic) bond motifs is 1. The number of carbonyl (C=O) groups is 2. The van der Waals surface area contributed by atoms with E-state index in [0.29, 0.717) is 17.0 Å². The smallest absolute Gasteiger partial charge is 0.259 e. The Morgan fingerprint density at radius 2 is 1.55 bits per heavy atom. The average Bonchev–Trinajstić information content (AvgIpc) is 2.83. The quantitative estimate of drug-likeness (QED) is 0.412. The Morgan fingerprint density at radius 3 is 2.27 bits per heavy atom. The van der Waals surface area contributed by atoms with Crippen LogP contribution in [0.25, 0.3) is 10.8 Å². The Morgan fingerprint density at radius 1 is 0.879 bits per heavy atom. The van der Waals surface area contributed by atoms with Crippen LogP contribution >= 0.6 is 0 Å². The van der Waals surface area contributed by atoms with E-state index in [2.05, 4.69) is 10.6 Å². The minimum Gasteiger partial charge on any atom is -0.483 e. The zero-order valence-corrected chi connectivity index (χ0v) is 18.1. The zero-order chi connectivity index (χ0) is 23.2. The number of hydrogen-bond donors (Lipinski definition) is 2. The van der Waals surface area contributed by atoms with Gasteiger partial charge in [0.05, 0.1) is 5.56 Å². The molecule has 33 heavy (non-hydrogen) atoms. The van der Waals surface area contributed by atoms with E-state index in [1.807, 2.05) is 55.5 Å². The predicted octanol–water partition coefficient (Wildman–Crippen LogP) is 5.23. The summed E-state index contributed by atoms with van der Waals surface area (Å²) in [6.07, 6.45) is 0. The van der Waals surface area contributed by atoms with E-state index in [4.69, 9.17) is 4.74 Å². The lowest BCUT2D eigenvalue weighted by molar-refractivity contribution is -0.123. The van der Waals surface area contributed by atoms with Crippen LogP contribution in [-0.2, 0) is 11.3 Å². The summed E-state index contributed by atoms with van der Waals surface area (Å²) in [5, 5.41) is 7.44. The van der Waals surface area contributed by atoms with Gasteiger partial charge in [-0.05, 0) is 59.2 Å². The third-order valence-electron chi connectivity index (χ3n) is 5.25. The van der Waals surface area contributed by atoms with Gasteiger partial charge in [0.1, 0.15) is 11.6 Å². The molecule has 0 aliphatic heterocycles. The number of hydrogen-bond acceptors (Lipinski definition) is 3. The van der Waals surface area contributed by atoms with E-state index < -0.39 is 0 Å². The number of aryl methyl sites for hydroxylation is 1. The summed E-state index contributed by atoms with van der Waals surface area (Å²) in [7, 11) is 0. The number of rotatable bonds is 7. The molecule has 0 saturated carbocycles. The number of para-hydroxylation sites is 1. The molecular formula is C27H23FN2O3. The summed E-state index contributed by atoms with van der Waals surface area (Å²) in [4.78, 5) is 25.4. The van der Waals surface area contributed by atoms with Crippen LogP contribution in [0.4, 0.5) is 10.1 Å². The summed E-state index contributed by atoms with van der Waals surface area (Å²) in [5.74, 6) is -0.688. The SMILES string of the molecule is Cc1ccccc1NC(=O)c1cc2ccccc2cc1OCC(=O)NCc1ccc(F)cc1. The highest BCUT2D eigenvalue weighted by molar-refractivity contribution is 6.09. The van der Waals surface area contributed by atoms with Gasteiger partial charge in [-0.3, -0.25) is 9.59 Å². The molecule has 0 unspecified atom stereocenters. The highest BCUT2D eigenvalue weighted by Gasteiger charge is 2.16. The van der Waals surface area contributed by atoms with E-state index in [9.17, 15) is 14.0 Å². The first kappa shape index (κ1) is 22.0. The van der Waals surface area contributed by atoms with Crippen LogP contribution in [0.1, 0.15) is 21.5 Å². The molecule has 0 heterocycles. The first-order chi connectivity index (χ1) is 16.0. The van der Waals surface area contributed by atoms with E-state index in [1.54, 1.807) is 24.3 Å². The third kappa shape index (κ3) is 5.54. The van der Waals surface area contributed by atoms with Crippen molar-refractivity contribution < 1.29 is 18.7 Å². The van der Waals surface area contributed by atoms with Gasteiger partial charge in [0.15, 0.2) is 6.61 Å². The van der Waals surface area contributed by atoms with Crippen molar-refractivity contribution in [2.75, 3.05) is 11.9 Å². The second kappa shape index (κ2) is 9.96. The largest absolute Gasteiger partial charge is 0.483 e. The number of nitrogens with one attached hydrogen (secondary N) is 2. The number of amides is 2. The number of ether oxygens (including phenoxy) is 1. The number of anilines is 1. The Hall–Kier alpha value is -4.19. The molecule has 0 aliphatic rings. The molecule has 0 saturated heterocycles. The van der Waals surface area contributed by atoms with Gasteiger partial charge >= 0.3 is 0 Å². The minimum atomic E-state index is -0.349. The maximum absolute atomic E-state index is 13.1. The lowest BCUT2D eigenvalue weighted by Gasteiger charge is -2.14. The molecule has 0 radical (unpaired) electrons. The molecule has 0 atom stereocenters. The first-order valence-corrected chi connectivity index (χ1v) is 10.5. The van der Waals surface area contributed by atoms with Gasteiger partial charge in [0, 0.05) is 12.2 Å². The molecule has 0 fully saturated rings. The van der Waals surface area contributed by atoms with Crippen LogP contribution in [0.5, 0.6) is 5.75 Å². The Balaban J connectivity index is 1.50. The maximum atomic E-state index is 13.1. The highest BCUT2D eigenvalue weighted by Crippen LogP contribution is 2.27. The minimum absolute atomic E-state index is 0.251. The molecule has 0 aliphatic carbocycles. The van der Waals surface area contributed by atoms with Crippen molar-refractivity contribution in [3.05, 3.63) is 107 Å². The molecule has 2 amide bonds. The summed E-state index contributed by atoms with van der Waals surface area (Å²) in [6.45, 7) is 1.91. The van der Waals surface area contributed by atoms with Crippen molar-refractivity contribution in [2.45, 2.75) is 13.5 Å². The lowest BCUT2D eigenvalue weighted by atomic mass is 10.0. The topological polar surface area (TPSA) is 67.4 Å². The van der Waals surface area contributed by atoms with Gasteiger partial charge in [-0.25, -0.2) is 4.39 Å². The summed E-state index contributed by atoms with van der Waals surface area (Å²) in [5.41, 5.74) is 2.75. The molecular weight excluding hydrogens is 419 g/mol. The predicted molar refractivity (Wildman–Crippen MR) is 127 cm³/mol. The molecule has 166 valence electrons. The van der Waals surface area contributed by atoms with Gasteiger partial charge < -0.3 is 15.4 Å². The molecule has 0 bridgehead atoms. The Labute approximate surface area is 191 Å². The van der Waals surface area contributed by atoms with Gasteiger partial charge in [0.25, 0.3) is 11.8 Å². The van der Waals surface area contributed by atoms with E-state index in [1.165, 1.54) is 12.1 Å². The normalized spacial score (nSPS) is 10.6. The molecule has 6 heteroatoms. The van der Waals surface area contributed by atoms with Crippen molar-refractivity contribution in [3.8, 4) is 5.75 Å². The standard InChI is InChI=1S/C27H23FN2O3/c1-18-6-2-5-9-24(18)30-27(32)23-14-20-7-3-4-8-21(20)15-25(23)33-17-26(31)29-16-19-10-12-22(28)13-11-19/h2-15H,16-17H2,1H3,(H,29,31)(H,30,32). The van der Waals surface area contributed by atoms with Crippen molar-refractivity contribution in [3.63, 3.8) is 0 Å². The molecule has 5 nitrogen and oxygen atoms in total. The Kier molecular flexibility index (Phi) is 6.64. The maximum Gasteiger partial charge on any atom is 0.259 e. The molecule has 0 aromatic heterocycles. The van der Waals surface area contributed by atoms with Gasteiger partial charge in [-0.1, -0.05) is 54.6 Å². The van der Waals surface area contributed by atoms with E-state index >= 15 is 0 Å². The van der Waals surface area contributed by atoms with Crippen molar-refractivity contribution in [2.24, 2.45) is 0 Å². The lowest BCUT2D eigenvalue weighted by Crippen LogP contribution is -2.28. The van der Waals surface area contributed by atoms with Crippen molar-refractivity contribution in [1.29, 1.82) is 0 Å². The van der Waals surface area contributed by atoms with Gasteiger partial charge in [-0.15, -0.1) is 0 Å². The van der Waals surface area contributed by atoms with Crippen LogP contribution < -0.4 is 15.4 Å². The van der Waals surface area contributed by atoms with Crippen LogP contribution in [0.15, 0.2) is 84.9 Å². The zero-order valence-electron chi connectivity index (χ0n) is 18.1. The molecule has 4 aromatic rings. The van der Waals surface area contributed by atoms with Gasteiger partial charge in [-0.2, -0.15) is 0 Å². The van der Waals surface area contributed by atoms with Crippen LogP contribution in [0, 0.1) is 12.7 Å². The van der Waals surface area contributed by atoms with Crippen LogP contribution in [0.3, 0.4) is 0 Å². The van der Waals surface area contributed by atoms with Crippen molar-refractivity contribution >= 4 is 28.3 Å². The fourth-order valence-electron chi connectivity index (χ4n) is 3.42.